The monoisotopic (exact) mass is 247 g/mol. The van der Waals surface area contributed by atoms with Gasteiger partial charge in [0.15, 0.2) is 0 Å². The Bertz CT molecular complexity index is 447. The van der Waals surface area contributed by atoms with E-state index in [1.165, 1.54) is 25.0 Å². The average molecular weight is 247 g/mol. The number of anilines is 1. The topological polar surface area (TPSA) is 39.1 Å². The third-order valence-corrected chi connectivity index (χ3v) is 3.23. The number of likely N-dealkylation sites (tertiary alicyclic amines) is 1. The van der Waals surface area contributed by atoms with Crippen LogP contribution in [0.2, 0.25) is 0 Å². The summed E-state index contributed by atoms with van der Waals surface area (Å²) in [5.41, 5.74) is 1.08. The predicted octanol–water partition coefficient (Wildman–Crippen LogP) is 2.59. The maximum Gasteiger partial charge on any atom is 0.124 e. The average Bonchev–Trinajstić information content (AvgIpc) is 2.84. The lowest BCUT2D eigenvalue weighted by Gasteiger charge is -2.22. The van der Waals surface area contributed by atoms with Gasteiger partial charge in [-0.2, -0.15) is 5.26 Å². The number of hydrogen-bond acceptors (Lipinski definition) is 3. The molecule has 18 heavy (non-hydrogen) atoms. The van der Waals surface area contributed by atoms with Crippen molar-refractivity contribution < 1.29 is 4.39 Å². The Morgan fingerprint density at radius 2 is 2.17 bits per heavy atom. The molecule has 1 fully saturated rings. The zero-order chi connectivity index (χ0) is 13.0. The first-order chi connectivity index (χ1) is 8.69. The maximum atomic E-state index is 13.0. The van der Waals surface area contributed by atoms with Gasteiger partial charge in [0.25, 0.3) is 0 Å². The van der Waals surface area contributed by atoms with Crippen molar-refractivity contribution in [3.63, 3.8) is 0 Å². The third kappa shape index (κ3) is 3.21. The van der Waals surface area contributed by atoms with Crippen LogP contribution in [0.15, 0.2) is 18.2 Å². The minimum Gasteiger partial charge on any atom is -0.380 e. The summed E-state index contributed by atoms with van der Waals surface area (Å²) in [6.45, 7) is 5.35. The van der Waals surface area contributed by atoms with Crippen molar-refractivity contribution in [1.82, 2.24) is 4.90 Å². The maximum absolute atomic E-state index is 13.0. The smallest absolute Gasteiger partial charge is 0.124 e. The molecular formula is C14H18FN3. The molecule has 1 aromatic carbocycles. The molecule has 0 aromatic heterocycles. The molecule has 0 aliphatic carbocycles. The Labute approximate surface area is 107 Å². The molecule has 0 radical (unpaired) electrons. The molecule has 96 valence electrons. The van der Waals surface area contributed by atoms with E-state index in [0.29, 0.717) is 11.3 Å². The van der Waals surface area contributed by atoms with E-state index in [-0.39, 0.29) is 11.9 Å². The number of nitrogens with zero attached hydrogens (tertiary/aromatic N) is 2. The third-order valence-electron chi connectivity index (χ3n) is 3.23. The molecule has 4 heteroatoms. The predicted molar refractivity (Wildman–Crippen MR) is 69.9 cm³/mol. The lowest BCUT2D eigenvalue weighted by molar-refractivity contribution is 0.328. The van der Waals surface area contributed by atoms with Crippen molar-refractivity contribution in [2.24, 2.45) is 0 Å². The fourth-order valence-corrected chi connectivity index (χ4v) is 2.40. The van der Waals surface area contributed by atoms with Gasteiger partial charge in [-0.25, -0.2) is 4.39 Å². The van der Waals surface area contributed by atoms with Crippen LogP contribution in [0.4, 0.5) is 10.1 Å². The first-order valence-corrected chi connectivity index (χ1v) is 6.37. The number of rotatable bonds is 4. The van der Waals surface area contributed by atoms with E-state index < -0.39 is 0 Å². The summed E-state index contributed by atoms with van der Waals surface area (Å²) >= 11 is 0. The Morgan fingerprint density at radius 3 is 2.83 bits per heavy atom. The standard InChI is InChI=1S/C14H18FN3/c1-11(10-18-6-2-3-7-18)17-14-5-4-13(15)8-12(14)9-16/h4-5,8,11,17H,2-3,6-7,10H2,1H3. The zero-order valence-corrected chi connectivity index (χ0v) is 10.6. The first-order valence-electron chi connectivity index (χ1n) is 6.37. The zero-order valence-electron chi connectivity index (χ0n) is 10.6. The van der Waals surface area contributed by atoms with E-state index in [4.69, 9.17) is 5.26 Å². The molecule has 1 saturated heterocycles. The van der Waals surface area contributed by atoms with Crippen LogP contribution in [-0.2, 0) is 0 Å². The minimum absolute atomic E-state index is 0.251. The van der Waals surface area contributed by atoms with Crippen LogP contribution >= 0.6 is 0 Å². The van der Waals surface area contributed by atoms with Gasteiger partial charge in [0, 0.05) is 12.6 Å². The van der Waals surface area contributed by atoms with Gasteiger partial charge in [-0.1, -0.05) is 0 Å². The fraction of sp³-hybridized carbons (Fsp3) is 0.500. The van der Waals surface area contributed by atoms with E-state index >= 15 is 0 Å². The van der Waals surface area contributed by atoms with Crippen molar-refractivity contribution >= 4 is 5.69 Å². The van der Waals surface area contributed by atoms with E-state index in [1.807, 2.05) is 6.07 Å². The van der Waals surface area contributed by atoms with E-state index in [9.17, 15) is 4.39 Å². The van der Waals surface area contributed by atoms with Crippen LogP contribution in [-0.4, -0.2) is 30.6 Å². The lowest BCUT2D eigenvalue weighted by Crippen LogP contribution is -2.33. The Hall–Kier alpha value is -1.60. The van der Waals surface area contributed by atoms with Gasteiger partial charge in [0.2, 0.25) is 0 Å². The summed E-state index contributed by atoms with van der Waals surface area (Å²) in [5, 5.41) is 12.3. The molecule has 1 aliphatic heterocycles. The van der Waals surface area contributed by atoms with Crippen molar-refractivity contribution in [3.05, 3.63) is 29.6 Å². The molecule has 0 saturated carbocycles. The highest BCUT2D eigenvalue weighted by atomic mass is 19.1. The van der Waals surface area contributed by atoms with Gasteiger partial charge >= 0.3 is 0 Å². The van der Waals surface area contributed by atoms with Crippen molar-refractivity contribution in [1.29, 1.82) is 5.26 Å². The Morgan fingerprint density at radius 1 is 1.44 bits per heavy atom. The summed E-state index contributed by atoms with van der Waals surface area (Å²) in [5.74, 6) is -0.371. The van der Waals surface area contributed by atoms with E-state index in [2.05, 4.69) is 17.1 Å². The Balaban J connectivity index is 1.98. The van der Waals surface area contributed by atoms with Crippen LogP contribution in [0.3, 0.4) is 0 Å². The Kier molecular flexibility index (Phi) is 4.16. The van der Waals surface area contributed by atoms with Crippen LogP contribution in [0, 0.1) is 17.1 Å². The van der Waals surface area contributed by atoms with Gasteiger partial charge in [0.1, 0.15) is 11.9 Å². The molecule has 0 bridgehead atoms. The molecule has 2 rings (SSSR count). The molecule has 1 unspecified atom stereocenters. The van der Waals surface area contributed by atoms with Gasteiger partial charge < -0.3 is 10.2 Å². The highest BCUT2D eigenvalue weighted by molar-refractivity contribution is 5.57. The summed E-state index contributed by atoms with van der Waals surface area (Å²) < 4.78 is 13.0. The van der Waals surface area contributed by atoms with Gasteiger partial charge in [-0.05, 0) is 51.1 Å². The number of nitrogens with one attached hydrogen (secondary N) is 1. The molecular weight excluding hydrogens is 229 g/mol. The van der Waals surface area contributed by atoms with Crippen LogP contribution < -0.4 is 5.32 Å². The van der Waals surface area contributed by atoms with Crippen LogP contribution in [0.5, 0.6) is 0 Å². The molecule has 1 aliphatic rings. The van der Waals surface area contributed by atoms with Crippen molar-refractivity contribution in [3.8, 4) is 6.07 Å². The second-order valence-corrected chi connectivity index (χ2v) is 4.85. The quantitative estimate of drug-likeness (QED) is 0.889. The molecule has 1 aromatic rings. The lowest BCUT2D eigenvalue weighted by atomic mass is 10.1. The number of halogens is 1. The number of hydrogen-bond donors (Lipinski definition) is 1. The van der Waals surface area contributed by atoms with E-state index in [0.717, 1.165) is 19.6 Å². The SMILES string of the molecule is CC(CN1CCCC1)Nc1ccc(F)cc1C#N. The first kappa shape index (κ1) is 12.8. The normalized spacial score (nSPS) is 17.4. The van der Waals surface area contributed by atoms with Crippen molar-refractivity contribution in [2.45, 2.75) is 25.8 Å². The summed E-state index contributed by atoms with van der Waals surface area (Å²) in [6, 6.07) is 6.55. The highest BCUT2D eigenvalue weighted by Crippen LogP contribution is 2.17. The van der Waals surface area contributed by atoms with Crippen LogP contribution in [0.1, 0.15) is 25.3 Å². The minimum atomic E-state index is -0.371. The molecule has 1 heterocycles. The largest absolute Gasteiger partial charge is 0.380 e. The summed E-state index contributed by atoms with van der Waals surface area (Å²) in [7, 11) is 0. The molecule has 1 atom stereocenters. The molecule has 0 amide bonds. The summed E-state index contributed by atoms with van der Waals surface area (Å²) in [4.78, 5) is 2.41. The van der Waals surface area contributed by atoms with Crippen molar-refractivity contribution in [2.75, 3.05) is 25.0 Å². The fourth-order valence-electron chi connectivity index (χ4n) is 2.40. The van der Waals surface area contributed by atoms with Gasteiger partial charge in [-0.3, -0.25) is 0 Å². The highest BCUT2D eigenvalue weighted by Gasteiger charge is 2.15. The molecule has 0 spiro atoms. The summed E-state index contributed by atoms with van der Waals surface area (Å²) in [6.07, 6.45) is 2.54. The van der Waals surface area contributed by atoms with Gasteiger partial charge in [0.05, 0.1) is 11.3 Å². The number of nitriles is 1. The second kappa shape index (κ2) is 5.83. The number of benzene rings is 1. The van der Waals surface area contributed by atoms with Crippen LogP contribution in [0.25, 0.3) is 0 Å². The molecule has 3 nitrogen and oxygen atoms in total. The van der Waals surface area contributed by atoms with Gasteiger partial charge in [-0.15, -0.1) is 0 Å². The molecule has 1 N–H and O–H groups in total. The van der Waals surface area contributed by atoms with E-state index in [1.54, 1.807) is 6.07 Å². The second-order valence-electron chi connectivity index (χ2n) is 4.85.